The predicted octanol–water partition coefficient (Wildman–Crippen LogP) is 2.11. The number of oxazole rings is 1. The first-order valence-corrected chi connectivity index (χ1v) is 5.50. The Labute approximate surface area is 107 Å². The van der Waals surface area contributed by atoms with Crippen molar-refractivity contribution < 1.29 is 13.9 Å². The fraction of sp³-hybridized carbons (Fsp3) is 0. The van der Waals surface area contributed by atoms with Crippen LogP contribution in [-0.2, 0) is 0 Å². The predicted molar refractivity (Wildman–Crippen MR) is 66.8 cm³/mol. The number of nitrogens with zero attached hydrogens (tertiary/aromatic N) is 2. The monoisotopic (exact) mass is 255 g/mol. The van der Waals surface area contributed by atoms with Gasteiger partial charge in [-0.1, -0.05) is 12.1 Å². The van der Waals surface area contributed by atoms with Crippen LogP contribution in [0, 0.1) is 0 Å². The standard InChI is InChI=1S/C13H9N3O3/c14-12(17)8-5-9(7-15-6-8)18-13-16-10-3-1-2-4-11(10)19-13/h1-7H,(H2,14,17). The molecule has 0 radical (unpaired) electrons. The van der Waals surface area contributed by atoms with Crippen LogP contribution in [0.25, 0.3) is 11.1 Å². The van der Waals surface area contributed by atoms with E-state index in [0.717, 1.165) is 0 Å². The molecule has 6 heteroatoms. The lowest BCUT2D eigenvalue weighted by Gasteiger charge is -2.00. The number of para-hydroxylation sites is 2. The van der Waals surface area contributed by atoms with E-state index in [9.17, 15) is 4.79 Å². The minimum atomic E-state index is -0.574. The summed E-state index contributed by atoms with van der Waals surface area (Å²) in [4.78, 5) is 19.0. The summed E-state index contributed by atoms with van der Waals surface area (Å²) in [5, 5.41) is 0. The Morgan fingerprint density at radius 2 is 2.11 bits per heavy atom. The van der Waals surface area contributed by atoms with Gasteiger partial charge < -0.3 is 14.9 Å². The smallest absolute Gasteiger partial charge is 0.400 e. The topological polar surface area (TPSA) is 91.2 Å². The van der Waals surface area contributed by atoms with E-state index in [1.165, 1.54) is 18.5 Å². The number of carbonyl (C=O) groups is 1. The highest BCUT2D eigenvalue weighted by Crippen LogP contribution is 2.24. The van der Waals surface area contributed by atoms with Crippen molar-refractivity contribution in [2.45, 2.75) is 0 Å². The number of hydrogen-bond donors (Lipinski definition) is 1. The molecule has 94 valence electrons. The van der Waals surface area contributed by atoms with Crippen LogP contribution in [0.15, 0.2) is 47.1 Å². The van der Waals surface area contributed by atoms with Gasteiger partial charge in [-0.05, 0) is 18.2 Å². The molecule has 3 rings (SSSR count). The number of benzene rings is 1. The van der Waals surface area contributed by atoms with Crippen LogP contribution in [0.2, 0.25) is 0 Å². The number of hydrogen-bond acceptors (Lipinski definition) is 5. The normalized spacial score (nSPS) is 10.5. The van der Waals surface area contributed by atoms with Crippen molar-refractivity contribution in [2.24, 2.45) is 5.73 Å². The first-order chi connectivity index (χ1) is 9.22. The molecule has 0 bridgehead atoms. The lowest BCUT2D eigenvalue weighted by atomic mass is 10.3. The van der Waals surface area contributed by atoms with E-state index in [1.54, 1.807) is 6.07 Å². The summed E-state index contributed by atoms with van der Waals surface area (Å²) >= 11 is 0. The SMILES string of the molecule is NC(=O)c1cncc(Oc2nc3ccccc3o2)c1. The highest BCUT2D eigenvalue weighted by molar-refractivity contribution is 5.92. The molecule has 0 aliphatic rings. The van der Waals surface area contributed by atoms with Gasteiger partial charge in [0.2, 0.25) is 5.91 Å². The summed E-state index contributed by atoms with van der Waals surface area (Å²) in [5.74, 6) is -0.238. The first kappa shape index (κ1) is 11.2. The van der Waals surface area contributed by atoms with Crippen molar-refractivity contribution in [1.82, 2.24) is 9.97 Å². The molecular formula is C13H9N3O3. The molecule has 0 spiro atoms. The Bertz CT molecular complexity index is 718. The largest absolute Gasteiger partial charge is 0.409 e. The summed E-state index contributed by atoms with van der Waals surface area (Å²) in [6.07, 6.45) is 2.90. The van der Waals surface area contributed by atoms with Crippen molar-refractivity contribution in [3.05, 3.63) is 48.3 Å². The van der Waals surface area contributed by atoms with E-state index in [0.29, 0.717) is 16.8 Å². The number of primary amides is 1. The number of amides is 1. The molecule has 1 amide bonds. The van der Waals surface area contributed by atoms with E-state index >= 15 is 0 Å². The number of rotatable bonds is 3. The Hall–Kier alpha value is -2.89. The van der Waals surface area contributed by atoms with Gasteiger partial charge in [-0.25, -0.2) is 0 Å². The summed E-state index contributed by atoms with van der Waals surface area (Å²) in [6, 6.07) is 8.76. The van der Waals surface area contributed by atoms with Crippen LogP contribution in [0.4, 0.5) is 0 Å². The number of fused-ring (bicyclic) bond motifs is 1. The van der Waals surface area contributed by atoms with Crippen LogP contribution in [-0.4, -0.2) is 15.9 Å². The van der Waals surface area contributed by atoms with Crippen LogP contribution < -0.4 is 10.5 Å². The molecule has 0 atom stereocenters. The summed E-state index contributed by atoms with van der Waals surface area (Å²) < 4.78 is 10.8. The number of carbonyl (C=O) groups excluding carboxylic acids is 1. The van der Waals surface area contributed by atoms with Gasteiger partial charge in [0, 0.05) is 6.20 Å². The van der Waals surface area contributed by atoms with Crippen LogP contribution in [0.5, 0.6) is 11.8 Å². The summed E-state index contributed by atoms with van der Waals surface area (Å²) in [7, 11) is 0. The van der Waals surface area contributed by atoms with E-state index in [4.69, 9.17) is 14.9 Å². The number of aromatic nitrogens is 2. The van der Waals surface area contributed by atoms with Gasteiger partial charge in [0.25, 0.3) is 0 Å². The molecule has 0 fully saturated rings. The maximum Gasteiger partial charge on any atom is 0.400 e. The molecule has 2 aromatic heterocycles. The van der Waals surface area contributed by atoms with Crippen molar-refractivity contribution in [1.29, 1.82) is 0 Å². The zero-order valence-electron chi connectivity index (χ0n) is 9.74. The van der Waals surface area contributed by atoms with Crippen molar-refractivity contribution >= 4 is 17.0 Å². The van der Waals surface area contributed by atoms with E-state index < -0.39 is 5.91 Å². The second-order valence-electron chi connectivity index (χ2n) is 3.82. The Kier molecular flexibility index (Phi) is 2.60. The molecule has 3 aromatic rings. The fourth-order valence-corrected chi connectivity index (χ4v) is 1.60. The number of pyridine rings is 1. The maximum absolute atomic E-state index is 11.0. The van der Waals surface area contributed by atoms with Gasteiger partial charge in [0.05, 0.1) is 11.8 Å². The zero-order chi connectivity index (χ0) is 13.2. The third-order valence-electron chi connectivity index (χ3n) is 2.48. The Balaban J connectivity index is 1.92. The molecule has 2 N–H and O–H groups in total. The van der Waals surface area contributed by atoms with Crippen molar-refractivity contribution in [3.8, 4) is 11.8 Å². The van der Waals surface area contributed by atoms with Crippen LogP contribution in [0.3, 0.4) is 0 Å². The van der Waals surface area contributed by atoms with Gasteiger partial charge in [0.15, 0.2) is 11.3 Å². The molecule has 2 heterocycles. The molecule has 0 saturated carbocycles. The van der Waals surface area contributed by atoms with Crippen LogP contribution in [0.1, 0.15) is 10.4 Å². The molecule has 6 nitrogen and oxygen atoms in total. The highest BCUT2D eigenvalue weighted by Gasteiger charge is 2.09. The lowest BCUT2D eigenvalue weighted by molar-refractivity contribution is 0.0999. The molecule has 0 unspecified atom stereocenters. The van der Waals surface area contributed by atoms with Gasteiger partial charge >= 0.3 is 6.08 Å². The molecule has 0 saturated heterocycles. The fourth-order valence-electron chi connectivity index (χ4n) is 1.60. The third-order valence-corrected chi connectivity index (χ3v) is 2.48. The Morgan fingerprint density at radius 3 is 2.89 bits per heavy atom. The molecule has 0 aliphatic heterocycles. The first-order valence-electron chi connectivity index (χ1n) is 5.50. The summed E-state index contributed by atoms with van der Waals surface area (Å²) in [5.41, 5.74) is 6.73. The van der Waals surface area contributed by atoms with E-state index in [2.05, 4.69) is 9.97 Å². The molecule has 19 heavy (non-hydrogen) atoms. The minimum Gasteiger partial charge on any atom is -0.409 e. The average Bonchev–Trinajstić information content (AvgIpc) is 2.81. The quantitative estimate of drug-likeness (QED) is 0.773. The second-order valence-corrected chi connectivity index (χ2v) is 3.82. The van der Waals surface area contributed by atoms with Crippen molar-refractivity contribution in [2.75, 3.05) is 0 Å². The minimum absolute atomic E-state index is 0.0876. The van der Waals surface area contributed by atoms with Crippen LogP contribution >= 0.6 is 0 Å². The Morgan fingerprint density at radius 1 is 1.26 bits per heavy atom. The van der Waals surface area contributed by atoms with Gasteiger partial charge in [0.1, 0.15) is 5.52 Å². The second kappa shape index (κ2) is 4.41. The third kappa shape index (κ3) is 2.23. The molecular weight excluding hydrogens is 246 g/mol. The van der Waals surface area contributed by atoms with Gasteiger partial charge in [-0.2, -0.15) is 4.98 Å². The average molecular weight is 255 g/mol. The van der Waals surface area contributed by atoms with Crippen molar-refractivity contribution in [3.63, 3.8) is 0 Å². The van der Waals surface area contributed by atoms with Gasteiger partial charge in [-0.15, -0.1) is 0 Å². The number of nitrogens with two attached hydrogens (primary N) is 1. The molecule has 0 aliphatic carbocycles. The van der Waals surface area contributed by atoms with E-state index in [-0.39, 0.29) is 11.6 Å². The zero-order valence-corrected chi connectivity index (χ0v) is 9.74. The van der Waals surface area contributed by atoms with Gasteiger partial charge in [-0.3, -0.25) is 9.78 Å². The number of ether oxygens (including phenoxy) is 1. The maximum atomic E-state index is 11.0. The van der Waals surface area contributed by atoms with E-state index in [1.807, 2.05) is 18.2 Å². The highest BCUT2D eigenvalue weighted by atomic mass is 16.6. The molecule has 1 aromatic carbocycles. The summed E-state index contributed by atoms with van der Waals surface area (Å²) in [6.45, 7) is 0. The lowest BCUT2D eigenvalue weighted by Crippen LogP contribution is -2.11.